The van der Waals surface area contributed by atoms with Crippen molar-refractivity contribution in [3.8, 4) is 0 Å². The largest absolute Gasteiger partial charge is 0.358 e. The number of hydrogen-bond acceptors (Lipinski definition) is 2. The molecule has 0 atom stereocenters. The normalized spacial score (nSPS) is 20.4. The monoisotopic (exact) mass is 184 g/mol. The lowest BCUT2D eigenvalue weighted by atomic mass is 10.1. The molecule has 0 bridgehead atoms. The van der Waals surface area contributed by atoms with Crippen molar-refractivity contribution >= 4 is 5.91 Å². The van der Waals surface area contributed by atoms with Crippen LogP contribution in [0.25, 0.3) is 0 Å². The van der Waals surface area contributed by atoms with Gasteiger partial charge < -0.3 is 5.32 Å². The minimum absolute atomic E-state index is 0.139. The molecular weight excluding hydrogens is 164 g/mol. The van der Waals surface area contributed by atoms with Crippen LogP contribution in [0.15, 0.2) is 0 Å². The Kier molecular flexibility index (Phi) is 4.83. The Hall–Kier alpha value is -0.570. The smallest absolute Gasteiger partial charge is 0.233 e. The summed E-state index contributed by atoms with van der Waals surface area (Å²) in [6.07, 6.45) is 6.51. The fourth-order valence-corrected chi connectivity index (χ4v) is 1.75. The average molecular weight is 184 g/mol. The molecule has 1 fully saturated rings. The summed E-state index contributed by atoms with van der Waals surface area (Å²) in [6, 6.07) is 0. The van der Waals surface area contributed by atoms with Gasteiger partial charge in [-0.2, -0.15) is 0 Å². The van der Waals surface area contributed by atoms with Crippen molar-refractivity contribution in [2.45, 2.75) is 32.1 Å². The van der Waals surface area contributed by atoms with Crippen LogP contribution >= 0.6 is 0 Å². The first-order valence-corrected chi connectivity index (χ1v) is 5.26. The first-order chi connectivity index (χ1) is 6.33. The summed E-state index contributed by atoms with van der Waals surface area (Å²) in [7, 11) is 1.70. The fourth-order valence-electron chi connectivity index (χ4n) is 1.75. The SMILES string of the molecule is CNC(=O)CN1CCCCCCC1. The van der Waals surface area contributed by atoms with Gasteiger partial charge in [0.25, 0.3) is 0 Å². The summed E-state index contributed by atoms with van der Waals surface area (Å²) in [5, 5.41) is 2.67. The topological polar surface area (TPSA) is 32.3 Å². The van der Waals surface area contributed by atoms with Gasteiger partial charge in [0.15, 0.2) is 0 Å². The third-order valence-electron chi connectivity index (χ3n) is 2.59. The average Bonchev–Trinajstić information content (AvgIpc) is 2.09. The maximum Gasteiger partial charge on any atom is 0.233 e. The molecule has 76 valence electrons. The highest BCUT2D eigenvalue weighted by molar-refractivity contribution is 5.77. The number of nitrogens with one attached hydrogen (secondary N) is 1. The lowest BCUT2D eigenvalue weighted by molar-refractivity contribution is -0.121. The van der Waals surface area contributed by atoms with Crippen LogP contribution in [0.1, 0.15) is 32.1 Å². The Balaban J connectivity index is 2.25. The lowest BCUT2D eigenvalue weighted by Crippen LogP contribution is -2.37. The standard InChI is InChI=1S/C10H20N2O/c1-11-10(13)9-12-7-5-3-2-4-6-8-12/h2-9H2,1H3,(H,11,13). The van der Waals surface area contributed by atoms with E-state index >= 15 is 0 Å². The lowest BCUT2D eigenvalue weighted by Gasteiger charge is -2.23. The maximum atomic E-state index is 11.1. The van der Waals surface area contributed by atoms with Crippen LogP contribution in [0.4, 0.5) is 0 Å². The molecule has 0 aromatic heterocycles. The number of likely N-dealkylation sites (N-methyl/N-ethyl adjacent to an activating group) is 1. The van der Waals surface area contributed by atoms with Crippen molar-refractivity contribution < 1.29 is 4.79 Å². The molecule has 1 aliphatic heterocycles. The van der Waals surface area contributed by atoms with Crippen LogP contribution < -0.4 is 5.32 Å². The van der Waals surface area contributed by atoms with Gasteiger partial charge in [-0.05, 0) is 25.9 Å². The highest BCUT2D eigenvalue weighted by atomic mass is 16.1. The van der Waals surface area contributed by atoms with E-state index in [1.54, 1.807) is 7.05 Å². The van der Waals surface area contributed by atoms with E-state index in [4.69, 9.17) is 0 Å². The van der Waals surface area contributed by atoms with Crippen LogP contribution in [0.3, 0.4) is 0 Å². The van der Waals surface area contributed by atoms with Crippen LogP contribution in [0.2, 0.25) is 0 Å². The molecule has 3 nitrogen and oxygen atoms in total. The van der Waals surface area contributed by atoms with E-state index in [1.165, 1.54) is 32.1 Å². The number of carbonyl (C=O) groups is 1. The number of nitrogens with zero attached hydrogens (tertiary/aromatic N) is 1. The third-order valence-corrected chi connectivity index (χ3v) is 2.59. The first kappa shape index (κ1) is 10.5. The molecule has 1 heterocycles. The second-order valence-electron chi connectivity index (χ2n) is 3.72. The minimum atomic E-state index is 0.139. The van der Waals surface area contributed by atoms with Crippen molar-refractivity contribution in [1.82, 2.24) is 10.2 Å². The van der Waals surface area contributed by atoms with Crippen molar-refractivity contribution in [3.05, 3.63) is 0 Å². The van der Waals surface area contributed by atoms with E-state index in [2.05, 4.69) is 10.2 Å². The summed E-state index contributed by atoms with van der Waals surface area (Å²) in [5.41, 5.74) is 0. The molecule has 0 radical (unpaired) electrons. The molecule has 1 aliphatic rings. The van der Waals surface area contributed by atoms with Gasteiger partial charge in [0.1, 0.15) is 0 Å². The summed E-state index contributed by atoms with van der Waals surface area (Å²) >= 11 is 0. The van der Waals surface area contributed by atoms with Gasteiger partial charge in [0.05, 0.1) is 6.54 Å². The number of likely N-dealkylation sites (tertiary alicyclic amines) is 1. The molecule has 0 unspecified atom stereocenters. The summed E-state index contributed by atoms with van der Waals surface area (Å²) in [6.45, 7) is 2.76. The Morgan fingerprint density at radius 3 is 2.23 bits per heavy atom. The van der Waals surface area contributed by atoms with E-state index in [0.29, 0.717) is 6.54 Å². The molecule has 1 saturated heterocycles. The Morgan fingerprint density at radius 2 is 1.69 bits per heavy atom. The second kappa shape index (κ2) is 5.97. The zero-order valence-corrected chi connectivity index (χ0v) is 8.51. The number of hydrogen-bond donors (Lipinski definition) is 1. The highest BCUT2D eigenvalue weighted by Crippen LogP contribution is 2.09. The van der Waals surface area contributed by atoms with E-state index in [1.807, 2.05) is 0 Å². The zero-order chi connectivity index (χ0) is 9.52. The summed E-state index contributed by atoms with van der Waals surface area (Å²) < 4.78 is 0. The third kappa shape index (κ3) is 4.27. The molecule has 0 saturated carbocycles. The molecule has 13 heavy (non-hydrogen) atoms. The van der Waals surface area contributed by atoms with Gasteiger partial charge >= 0.3 is 0 Å². The minimum Gasteiger partial charge on any atom is -0.358 e. The number of rotatable bonds is 2. The maximum absolute atomic E-state index is 11.1. The van der Waals surface area contributed by atoms with Crippen molar-refractivity contribution in [3.63, 3.8) is 0 Å². The van der Waals surface area contributed by atoms with Gasteiger partial charge in [-0.15, -0.1) is 0 Å². The van der Waals surface area contributed by atoms with Gasteiger partial charge in [0, 0.05) is 7.05 Å². The van der Waals surface area contributed by atoms with Gasteiger partial charge in [-0.3, -0.25) is 9.69 Å². The van der Waals surface area contributed by atoms with Gasteiger partial charge in [0.2, 0.25) is 5.91 Å². The molecule has 3 heteroatoms. The Labute approximate surface area is 80.5 Å². The van der Waals surface area contributed by atoms with Crippen molar-refractivity contribution in [2.24, 2.45) is 0 Å². The predicted molar refractivity (Wildman–Crippen MR) is 53.6 cm³/mol. The second-order valence-corrected chi connectivity index (χ2v) is 3.72. The summed E-state index contributed by atoms with van der Waals surface area (Å²) in [4.78, 5) is 13.4. The molecule has 0 aromatic carbocycles. The number of carbonyl (C=O) groups excluding carboxylic acids is 1. The van der Waals surface area contributed by atoms with Gasteiger partial charge in [-0.1, -0.05) is 19.3 Å². The van der Waals surface area contributed by atoms with Crippen LogP contribution in [-0.4, -0.2) is 37.5 Å². The van der Waals surface area contributed by atoms with E-state index in [-0.39, 0.29) is 5.91 Å². The molecule has 0 aliphatic carbocycles. The fraction of sp³-hybridized carbons (Fsp3) is 0.900. The predicted octanol–water partition coefficient (Wildman–Crippen LogP) is 0.998. The molecule has 1 amide bonds. The Morgan fingerprint density at radius 1 is 1.15 bits per heavy atom. The number of amides is 1. The van der Waals surface area contributed by atoms with Crippen LogP contribution in [0.5, 0.6) is 0 Å². The highest BCUT2D eigenvalue weighted by Gasteiger charge is 2.10. The van der Waals surface area contributed by atoms with Crippen LogP contribution in [0, 0.1) is 0 Å². The Bertz CT molecular complexity index is 151. The quantitative estimate of drug-likeness (QED) is 0.694. The van der Waals surface area contributed by atoms with Crippen LogP contribution in [-0.2, 0) is 4.79 Å². The van der Waals surface area contributed by atoms with E-state index in [9.17, 15) is 4.79 Å². The zero-order valence-electron chi connectivity index (χ0n) is 8.51. The molecular formula is C10H20N2O. The van der Waals surface area contributed by atoms with E-state index < -0.39 is 0 Å². The molecule has 0 aromatic rings. The first-order valence-electron chi connectivity index (χ1n) is 5.26. The molecule has 1 rings (SSSR count). The molecule has 1 N–H and O–H groups in total. The van der Waals surface area contributed by atoms with Crippen molar-refractivity contribution in [2.75, 3.05) is 26.7 Å². The summed E-state index contributed by atoms with van der Waals surface area (Å²) in [5.74, 6) is 0.139. The molecule has 0 spiro atoms. The van der Waals surface area contributed by atoms with E-state index in [0.717, 1.165) is 13.1 Å². The van der Waals surface area contributed by atoms with Gasteiger partial charge in [-0.25, -0.2) is 0 Å². The van der Waals surface area contributed by atoms with Crippen molar-refractivity contribution in [1.29, 1.82) is 0 Å².